The van der Waals surface area contributed by atoms with Crippen LogP contribution >= 0.6 is 24.1 Å². The van der Waals surface area contributed by atoms with Gasteiger partial charge in [0.2, 0.25) is 0 Å². The summed E-state index contributed by atoms with van der Waals surface area (Å²) in [6, 6.07) is 18.8. The molecule has 0 aliphatic rings. The van der Waals surface area contributed by atoms with Crippen molar-refractivity contribution < 1.29 is 184 Å². The summed E-state index contributed by atoms with van der Waals surface area (Å²) in [5.74, 6) is -1.09. The molecule has 0 aliphatic heterocycles. The fourth-order valence-corrected chi connectivity index (χ4v) is 7.73. The fourth-order valence-electron chi connectivity index (χ4n) is 5.40. The van der Waals surface area contributed by atoms with Crippen molar-refractivity contribution in [3.05, 3.63) is 96.1 Å². The third kappa shape index (κ3) is 13.9. The van der Waals surface area contributed by atoms with E-state index in [4.69, 9.17) is 11.5 Å². The summed E-state index contributed by atoms with van der Waals surface area (Å²) >= 11 is 0.892. The Balaban J connectivity index is 0.00000331. The van der Waals surface area contributed by atoms with Crippen molar-refractivity contribution >= 4 is 112 Å². The van der Waals surface area contributed by atoms with Gasteiger partial charge in [0.05, 0.1) is 50.1 Å². The molecule has 0 saturated heterocycles. The molecule has 28 heteroatoms. The molecule has 62 heavy (non-hydrogen) atoms. The second-order valence-corrected chi connectivity index (χ2v) is 15.8. The van der Waals surface area contributed by atoms with Crippen molar-refractivity contribution in [2.75, 3.05) is 11.5 Å². The summed E-state index contributed by atoms with van der Waals surface area (Å²) in [6.45, 7) is 0. The first kappa shape index (κ1) is 56.4. The minimum atomic E-state index is -5.21. The van der Waals surface area contributed by atoms with Crippen LogP contribution in [0.15, 0.2) is 125 Å². The maximum absolute atomic E-state index is 12.4. The molecule has 0 bridgehead atoms. The molecule has 0 amide bonds. The van der Waals surface area contributed by atoms with E-state index in [1.54, 1.807) is 12.1 Å². The van der Waals surface area contributed by atoms with Crippen molar-refractivity contribution in [2.45, 2.75) is 19.6 Å². The van der Waals surface area contributed by atoms with Gasteiger partial charge in [-0.25, -0.2) is 16.8 Å². The van der Waals surface area contributed by atoms with E-state index in [0.717, 1.165) is 12.1 Å². The molecule has 0 atom stereocenters. The first-order chi connectivity index (χ1) is 27.6. The number of nitrogens with two attached hydrogens (primary N) is 2. The van der Waals surface area contributed by atoms with Crippen LogP contribution in [-0.2, 0) is 39.0 Å². The van der Waals surface area contributed by atoms with Crippen LogP contribution in [0.4, 0.5) is 34.1 Å². The van der Waals surface area contributed by atoms with Crippen LogP contribution in [0.1, 0.15) is 11.1 Å². The average molecular weight is 959 g/mol. The Morgan fingerprint density at radius 2 is 1.02 bits per heavy atom. The largest absolute Gasteiger partial charge is 1.00 e. The zero-order valence-corrected chi connectivity index (χ0v) is 43.9. The maximum atomic E-state index is 12.4. The third-order valence-electron chi connectivity index (χ3n) is 7.96. The van der Waals surface area contributed by atoms with Crippen LogP contribution in [0, 0.1) is 0 Å². The van der Waals surface area contributed by atoms with Gasteiger partial charge in [0, 0.05) is 27.0 Å². The number of hydrogen-bond acceptors (Lipinski definition) is 22. The third-order valence-corrected chi connectivity index (χ3v) is 11.0. The normalized spacial score (nSPS) is 11.7. The zero-order valence-electron chi connectivity index (χ0n) is 32.6. The second-order valence-electron chi connectivity index (χ2n) is 11.6. The predicted octanol–water partition coefficient (Wildman–Crippen LogP) is -6.14. The van der Waals surface area contributed by atoms with Crippen LogP contribution in [0.3, 0.4) is 0 Å². The number of nitrogen functional groups attached to an aromatic ring is 2. The summed E-state index contributed by atoms with van der Waals surface area (Å²) in [5, 5.41) is 66.7. The Morgan fingerprint density at radius 3 is 1.56 bits per heavy atom. The molecule has 6 N–H and O–H groups in total. The van der Waals surface area contributed by atoms with Gasteiger partial charge >= 0.3 is 118 Å². The number of benzene rings is 6. The Hall–Kier alpha value is -1.74. The first-order valence-corrected chi connectivity index (χ1v) is 20.0. The minimum Gasteiger partial charge on any atom is -0.744 e. The smallest absolute Gasteiger partial charge is 0.744 e. The van der Waals surface area contributed by atoms with Crippen molar-refractivity contribution in [2.24, 2.45) is 20.5 Å². The van der Waals surface area contributed by atoms with E-state index < -0.39 is 41.5 Å². The molecule has 0 unspecified atom stereocenters. The van der Waals surface area contributed by atoms with Gasteiger partial charge < -0.3 is 41.3 Å². The zero-order chi connectivity index (χ0) is 41.8. The van der Waals surface area contributed by atoms with Crippen LogP contribution < -0.4 is 140 Å². The van der Waals surface area contributed by atoms with Crippen molar-refractivity contribution in [1.82, 2.24) is 0 Å². The fraction of sp³-hybridized carbons (Fsp3) is 0. The molecular weight excluding hydrogens is 937 g/mol. The van der Waals surface area contributed by atoms with Gasteiger partial charge in [0.25, 0.3) is 0 Å². The number of phenolic OH excluding ortho intramolecular Hbond substituents is 2. The second kappa shape index (κ2) is 24.7. The maximum Gasteiger partial charge on any atom is 1.00 e. The monoisotopic (exact) mass is 958 g/mol. The van der Waals surface area contributed by atoms with Gasteiger partial charge in [-0.3, -0.25) is 10.1 Å². The van der Waals surface area contributed by atoms with Gasteiger partial charge in [-0.05, 0) is 82.6 Å². The molecule has 0 heterocycles. The van der Waals surface area contributed by atoms with Gasteiger partial charge in [0.15, 0.2) is 11.5 Å². The molecule has 20 nitrogen and oxygen atoms in total. The van der Waals surface area contributed by atoms with E-state index in [1.165, 1.54) is 72.8 Å². The minimum absolute atomic E-state index is 0. The molecule has 6 rings (SSSR count). The summed E-state index contributed by atoms with van der Waals surface area (Å²) in [4.78, 5) is -1.41. The Morgan fingerprint density at radius 1 is 0.548 bits per heavy atom. The van der Waals surface area contributed by atoms with Crippen LogP contribution in [-0.4, -0.2) is 36.2 Å². The van der Waals surface area contributed by atoms with Crippen molar-refractivity contribution in [1.29, 1.82) is 0 Å². The number of rotatable bonds is 14. The number of fused-ring (bicyclic) bond motifs is 2. The summed E-state index contributed by atoms with van der Waals surface area (Å²) in [5.41, 5.74) is 11.3. The molecule has 0 saturated carbocycles. The molecule has 6 aromatic rings. The number of anilines is 2. The van der Waals surface area contributed by atoms with Gasteiger partial charge in [0.1, 0.15) is 31.6 Å². The molecule has 300 valence electrons. The number of phenols is 2. The topological polar surface area (TPSA) is 339 Å². The standard InChI is InChI=1S/C34H26N6O14S4.4Na/c35-21-7-3-19-11-28(56-54-52-44)31(33(41)25(19)13-21)39-37-23-9-5-17(27(15-23)55-53-51-43)1-2-18-6-10-24(16-29(18)57(45,46)47)38-40-32-30(58(48,49)50)12-20-4-8-22(36)14-26(20)34(32)42;;;;/h1-16,41-44H,35-36H2,(H,45,46,47)(H,48,49,50);;;;/q;4*+1/p-4. The Labute approximate surface area is 449 Å². The summed E-state index contributed by atoms with van der Waals surface area (Å²) in [6.07, 6.45) is 2.58. The predicted molar refractivity (Wildman–Crippen MR) is 202 cm³/mol. The molecule has 0 radical (unpaired) electrons. The van der Waals surface area contributed by atoms with E-state index in [-0.39, 0.29) is 178 Å². The number of azo groups is 2. The SMILES string of the molecule is Nc1ccc2cc(SOO[O-])c(N=Nc3ccc(C=Cc4ccc(N=Nc5c(S(=O)(=O)[O-])cc6ccc(N)cc6c5O)cc4S(=O)(=O)[O-])c(SOO[O-])c3)c(O)c2c1.[Na+].[Na+].[Na+].[Na+]. The van der Waals surface area contributed by atoms with E-state index >= 15 is 0 Å². The van der Waals surface area contributed by atoms with Crippen LogP contribution in [0.5, 0.6) is 11.5 Å². The molecule has 0 aliphatic carbocycles. The molecule has 6 aromatic carbocycles. The Kier molecular flexibility index (Phi) is 22.5. The van der Waals surface area contributed by atoms with Gasteiger partial charge in [-0.15, -0.1) is 10.2 Å². The van der Waals surface area contributed by atoms with E-state index in [9.17, 15) is 46.7 Å². The summed E-state index contributed by atoms with van der Waals surface area (Å²) < 4.78 is 82.1. The molecule has 0 spiro atoms. The number of hydrogen-bond donors (Lipinski definition) is 4. The molecular formula is C34H22N6Na4O14S4. The average Bonchev–Trinajstić information content (AvgIpc) is 3.18. The molecule has 0 fully saturated rings. The van der Waals surface area contributed by atoms with Crippen LogP contribution in [0.2, 0.25) is 0 Å². The Bertz CT molecular complexity index is 2920. The van der Waals surface area contributed by atoms with E-state index in [2.05, 4.69) is 39.2 Å². The van der Waals surface area contributed by atoms with Gasteiger partial charge in [-0.1, -0.05) is 36.4 Å². The quantitative estimate of drug-likeness (QED) is 0.0115. The first-order valence-electron chi connectivity index (χ1n) is 15.7. The number of aromatic hydroxyl groups is 2. The van der Waals surface area contributed by atoms with Gasteiger partial charge in [-0.2, -0.15) is 18.9 Å². The van der Waals surface area contributed by atoms with E-state index in [0.29, 0.717) is 40.5 Å². The summed E-state index contributed by atoms with van der Waals surface area (Å²) in [7, 11) is -10.4. The van der Waals surface area contributed by atoms with Crippen molar-refractivity contribution in [3.63, 3.8) is 0 Å². The van der Waals surface area contributed by atoms with Crippen molar-refractivity contribution in [3.8, 4) is 11.5 Å². The molecule has 0 aromatic heterocycles. The van der Waals surface area contributed by atoms with E-state index in [1.807, 2.05) is 0 Å². The van der Waals surface area contributed by atoms with Crippen LogP contribution in [0.25, 0.3) is 33.7 Å². The number of nitrogens with zero attached hydrogens (tertiary/aromatic N) is 4.